The van der Waals surface area contributed by atoms with Crippen LogP contribution >= 0.6 is 0 Å². The Balaban J connectivity index is 2.81. The molecule has 0 saturated carbocycles. The highest BCUT2D eigenvalue weighted by atomic mass is 16.5. The summed E-state index contributed by atoms with van der Waals surface area (Å²) in [6.45, 7) is 6.06. The van der Waals surface area contributed by atoms with Crippen molar-refractivity contribution in [3.05, 3.63) is 35.9 Å². The number of benzene rings is 1. The Bertz CT molecular complexity index is 433. The first kappa shape index (κ1) is 15.1. The maximum Gasteiger partial charge on any atom is 0.332 e. The molecular formula is C15H21NO3. The van der Waals surface area contributed by atoms with E-state index in [9.17, 15) is 4.79 Å². The minimum absolute atomic E-state index is 0.278. The summed E-state index contributed by atoms with van der Waals surface area (Å²) >= 11 is 0. The van der Waals surface area contributed by atoms with Gasteiger partial charge >= 0.3 is 5.97 Å². The predicted molar refractivity (Wildman–Crippen MR) is 76.5 cm³/mol. The molecule has 0 aromatic heterocycles. The third kappa shape index (κ3) is 5.04. The minimum Gasteiger partial charge on any atom is -0.497 e. The van der Waals surface area contributed by atoms with Crippen LogP contribution in [0.25, 0.3) is 0 Å². The number of anilines is 1. The molecule has 0 saturated heterocycles. The average Bonchev–Trinajstić information content (AvgIpc) is 2.38. The van der Waals surface area contributed by atoms with Crippen LogP contribution in [0.3, 0.4) is 0 Å². The van der Waals surface area contributed by atoms with Gasteiger partial charge in [0.2, 0.25) is 0 Å². The number of ether oxygens (including phenoxy) is 2. The second kappa shape index (κ2) is 7.46. The molecular weight excluding hydrogens is 242 g/mol. The molecule has 19 heavy (non-hydrogen) atoms. The molecule has 0 heterocycles. The smallest absolute Gasteiger partial charge is 0.332 e. The van der Waals surface area contributed by atoms with Gasteiger partial charge in [0.15, 0.2) is 0 Å². The number of allylic oxidation sites excluding steroid dienone is 1. The lowest BCUT2D eigenvalue weighted by Gasteiger charge is -2.16. The van der Waals surface area contributed by atoms with Gasteiger partial charge in [-0.15, -0.1) is 0 Å². The van der Waals surface area contributed by atoms with Gasteiger partial charge in [0.25, 0.3) is 0 Å². The van der Waals surface area contributed by atoms with Crippen molar-refractivity contribution in [2.45, 2.75) is 26.8 Å². The van der Waals surface area contributed by atoms with Crippen LogP contribution in [0.2, 0.25) is 0 Å². The molecule has 4 nitrogen and oxygen atoms in total. The van der Waals surface area contributed by atoms with Crippen LogP contribution in [0.15, 0.2) is 35.9 Å². The van der Waals surface area contributed by atoms with E-state index in [2.05, 4.69) is 5.32 Å². The second-order valence-corrected chi connectivity index (χ2v) is 4.35. The topological polar surface area (TPSA) is 47.6 Å². The van der Waals surface area contributed by atoms with Crippen LogP contribution in [-0.4, -0.2) is 25.7 Å². The van der Waals surface area contributed by atoms with Crippen molar-refractivity contribution in [1.82, 2.24) is 0 Å². The van der Waals surface area contributed by atoms with E-state index in [-0.39, 0.29) is 5.97 Å². The van der Waals surface area contributed by atoms with E-state index in [1.165, 1.54) is 0 Å². The Morgan fingerprint density at radius 1 is 1.32 bits per heavy atom. The normalized spacial score (nSPS) is 11.4. The average molecular weight is 263 g/mol. The number of carbonyl (C=O) groups is 1. The summed E-state index contributed by atoms with van der Waals surface area (Å²) in [5, 5.41) is 3.14. The summed E-state index contributed by atoms with van der Waals surface area (Å²) in [7, 11) is 1.62. The SMILES string of the molecule is CCOC(=O)C(C=C(C)C)Nc1ccc(OC)cc1. The lowest BCUT2D eigenvalue weighted by Crippen LogP contribution is -2.29. The van der Waals surface area contributed by atoms with E-state index in [4.69, 9.17) is 9.47 Å². The number of hydrogen-bond donors (Lipinski definition) is 1. The first-order valence-corrected chi connectivity index (χ1v) is 6.29. The third-order valence-corrected chi connectivity index (χ3v) is 2.45. The second-order valence-electron chi connectivity index (χ2n) is 4.35. The zero-order chi connectivity index (χ0) is 14.3. The lowest BCUT2D eigenvalue weighted by atomic mass is 10.2. The Hall–Kier alpha value is -1.97. The minimum atomic E-state index is -0.474. The van der Waals surface area contributed by atoms with E-state index in [0.29, 0.717) is 6.61 Å². The zero-order valence-corrected chi connectivity index (χ0v) is 11.9. The number of esters is 1. The van der Waals surface area contributed by atoms with Gasteiger partial charge in [-0.1, -0.05) is 11.6 Å². The van der Waals surface area contributed by atoms with Crippen molar-refractivity contribution in [3.8, 4) is 5.75 Å². The monoisotopic (exact) mass is 263 g/mol. The van der Waals surface area contributed by atoms with Crippen molar-refractivity contribution in [3.63, 3.8) is 0 Å². The van der Waals surface area contributed by atoms with Gasteiger partial charge in [-0.05, 0) is 45.0 Å². The fourth-order valence-corrected chi connectivity index (χ4v) is 1.60. The van der Waals surface area contributed by atoms with Gasteiger partial charge in [-0.3, -0.25) is 0 Å². The van der Waals surface area contributed by atoms with Crippen LogP contribution in [-0.2, 0) is 9.53 Å². The maximum atomic E-state index is 11.9. The van der Waals surface area contributed by atoms with Crippen molar-refractivity contribution >= 4 is 11.7 Å². The quantitative estimate of drug-likeness (QED) is 0.633. The number of carbonyl (C=O) groups excluding carboxylic acids is 1. The van der Waals surface area contributed by atoms with Crippen molar-refractivity contribution in [1.29, 1.82) is 0 Å². The largest absolute Gasteiger partial charge is 0.497 e. The van der Waals surface area contributed by atoms with Crippen LogP contribution in [0, 0.1) is 0 Å². The van der Waals surface area contributed by atoms with Crippen molar-refractivity contribution in [2.75, 3.05) is 19.0 Å². The summed E-state index contributed by atoms with van der Waals surface area (Å²) in [6, 6.07) is 6.94. The standard InChI is InChI=1S/C15H21NO3/c1-5-19-15(17)14(10-11(2)3)16-12-6-8-13(18-4)9-7-12/h6-10,14,16H,5H2,1-4H3. The molecule has 1 N–H and O–H groups in total. The lowest BCUT2D eigenvalue weighted by molar-refractivity contribution is -0.142. The van der Waals surface area contributed by atoms with E-state index < -0.39 is 6.04 Å². The molecule has 4 heteroatoms. The zero-order valence-electron chi connectivity index (χ0n) is 11.9. The van der Waals surface area contributed by atoms with Crippen LogP contribution in [0.4, 0.5) is 5.69 Å². The molecule has 1 atom stereocenters. The van der Waals surface area contributed by atoms with Gasteiger partial charge in [0, 0.05) is 5.69 Å². The highest BCUT2D eigenvalue weighted by molar-refractivity contribution is 5.81. The summed E-state index contributed by atoms with van der Waals surface area (Å²) in [6.07, 6.45) is 1.85. The molecule has 1 unspecified atom stereocenters. The number of nitrogens with one attached hydrogen (secondary N) is 1. The maximum absolute atomic E-state index is 11.9. The number of hydrogen-bond acceptors (Lipinski definition) is 4. The molecule has 0 radical (unpaired) electrons. The molecule has 0 aliphatic carbocycles. The molecule has 0 spiro atoms. The fraction of sp³-hybridized carbons (Fsp3) is 0.400. The van der Waals surface area contributed by atoms with Gasteiger partial charge in [-0.25, -0.2) is 4.79 Å². The van der Waals surface area contributed by atoms with Crippen LogP contribution in [0.1, 0.15) is 20.8 Å². The molecule has 0 bridgehead atoms. The number of methoxy groups -OCH3 is 1. The van der Waals surface area contributed by atoms with E-state index in [1.807, 2.05) is 44.2 Å². The van der Waals surface area contributed by atoms with Gasteiger partial charge in [0.1, 0.15) is 11.8 Å². The Labute approximate surface area is 114 Å². The molecule has 1 rings (SSSR count). The Morgan fingerprint density at radius 2 is 1.95 bits per heavy atom. The predicted octanol–water partition coefficient (Wildman–Crippen LogP) is 3.01. The molecule has 1 aromatic rings. The fourth-order valence-electron chi connectivity index (χ4n) is 1.60. The molecule has 0 amide bonds. The first-order chi connectivity index (χ1) is 9.06. The van der Waals surface area contributed by atoms with Gasteiger partial charge in [-0.2, -0.15) is 0 Å². The van der Waals surface area contributed by atoms with Crippen molar-refractivity contribution in [2.24, 2.45) is 0 Å². The van der Waals surface area contributed by atoms with Crippen LogP contribution < -0.4 is 10.1 Å². The third-order valence-electron chi connectivity index (χ3n) is 2.45. The highest BCUT2D eigenvalue weighted by Crippen LogP contribution is 2.16. The number of rotatable bonds is 6. The summed E-state index contributed by atoms with van der Waals surface area (Å²) in [5.41, 5.74) is 1.90. The van der Waals surface area contributed by atoms with Crippen molar-refractivity contribution < 1.29 is 14.3 Å². The molecule has 0 fully saturated rings. The van der Waals surface area contributed by atoms with E-state index >= 15 is 0 Å². The summed E-state index contributed by atoms with van der Waals surface area (Å²) < 4.78 is 10.1. The van der Waals surface area contributed by atoms with E-state index in [1.54, 1.807) is 14.0 Å². The van der Waals surface area contributed by atoms with Gasteiger partial charge in [0.05, 0.1) is 13.7 Å². The first-order valence-electron chi connectivity index (χ1n) is 6.29. The Morgan fingerprint density at radius 3 is 2.42 bits per heavy atom. The Kier molecular flexibility index (Phi) is 5.93. The highest BCUT2D eigenvalue weighted by Gasteiger charge is 2.16. The summed E-state index contributed by atoms with van der Waals surface area (Å²) in [4.78, 5) is 11.9. The van der Waals surface area contributed by atoms with E-state index in [0.717, 1.165) is 17.0 Å². The van der Waals surface area contributed by atoms with Gasteiger partial charge < -0.3 is 14.8 Å². The molecule has 0 aliphatic rings. The summed E-state index contributed by atoms with van der Waals surface area (Å²) in [5.74, 6) is 0.500. The van der Waals surface area contributed by atoms with Crippen LogP contribution in [0.5, 0.6) is 5.75 Å². The molecule has 104 valence electrons. The molecule has 1 aromatic carbocycles. The molecule has 0 aliphatic heterocycles.